The van der Waals surface area contributed by atoms with Crippen molar-refractivity contribution in [1.82, 2.24) is 0 Å². The lowest BCUT2D eigenvalue weighted by Crippen LogP contribution is -2.25. The van der Waals surface area contributed by atoms with E-state index in [2.05, 4.69) is 6.92 Å². The number of ether oxygens (including phenoxy) is 1. The van der Waals surface area contributed by atoms with Crippen molar-refractivity contribution in [3.63, 3.8) is 0 Å². The Balaban J connectivity index is 1.70. The van der Waals surface area contributed by atoms with Crippen LogP contribution in [0.25, 0.3) is 0 Å². The largest absolute Gasteiger partial charge is 0.382 e. The van der Waals surface area contributed by atoms with Crippen molar-refractivity contribution in [2.75, 3.05) is 6.61 Å². The average molecular weight is 299 g/mol. The van der Waals surface area contributed by atoms with Gasteiger partial charge in [0.2, 0.25) is 0 Å². The fourth-order valence-electron chi connectivity index (χ4n) is 3.25. The van der Waals surface area contributed by atoms with E-state index >= 15 is 0 Å². The van der Waals surface area contributed by atoms with E-state index in [1.54, 1.807) is 0 Å². The van der Waals surface area contributed by atoms with Crippen molar-refractivity contribution in [2.45, 2.75) is 109 Å². The third kappa shape index (κ3) is 10.9. The van der Waals surface area contributed by atoms with Gasteiger partial charge in [0, 0.05) is 12.3 Å². The highest BCUT2D eigenvalue weighted by Gasteiger charge is 2.12. The molecule has 20 heavy (non-hydrogen) atoms. The van der Waals surface area contributed by atoms with E-state index < -0.39 is 0 Å². The standard InChI is InChI=1S/C18H38OSi/c1-2-3-4-5-6-7-8-9-10-11-14-17-20-18-15-12-13-16-19-18/h18H,2-17,20H2,1H3. The first-order valence-electron chi connectivity index (χ1n) is 9.55. The highest BCUT2D eigenvalue weighted by molar-refractivity contribution is 6.37. The van der Waals surface area contributed by atoms with E-state index in [9.17, 15) is 0 Å². The summed E-state index contributed by atoms with van der Waals surface area (Å²) >= 11 is 0. The van der Waals surface area contributed by atoms with Gasteiger partial charge in [-0.3, -0.25) is 0 Å². The van der Waals surface area contributed by atoms with Crippen molar-refractivity contribution in [1.29, 1.82) is 0 Å². The molecule has 0 aliphatic carbocycles. The fraction of sp³-hybridized carbons (Fsp3) is 1.00. The highest BCUT2D eigenvalue weighted by atomic mass is 28.2. The molecular formula is C18H38OSi. The van der Waals surface area contributed by atoms with E-state index in [4.69, 9.17) is 4.74 Å². The summed E-state index contributed by atoms with van der Waals surface area (Å²) in [6, 6.07) is 1.53. The summed E-state index contributed by atoms with van der Waals surface area (Å²) < 4.78 is 5.84. The first-order valence-corrected chi connectivity index (χ1v) is 11.4. The van der Waals surface area contributed by atoms with Gasteiger partial charge in [-0.05, 0) is 19.3 Å². The third-order valence-electron chi connectivity index (χ3n) is 4.65. The second-order valence-electron chi connectivity index (χ2n) is 6.67. The second kappa shape index (κ2) is 14.1. The van der Waals surface area contributed by atoms with E-state index in [1.165, 1.54) is 95.9 Å². The van der Waals surface area contributed by atoms with Crippen molar-refractivity contribution >= 4 is 9.52 Å². The summed E-state index contributed by atoms with van der Waals surface area (Å²) in [4.78, 5) is 0. The monoisotopic (exact) mass is 298 g/mol. The quantitative estimate of drug-likeness (QED) is 0.326. The molecular weight excluding hydrogens is 260 g/mol. The van der Waals surface area contributed by atoms with Crippen LogP contribution in [0.2, 0.25) is 6.04 Å². The Morgan fingerprint density at radius 2 is 1.40 bits per heavy atom. The topological polar surface area (TPSA) is 9.23 Å². The molecule has 2 heteroatoms. The lowest BCUT2D eigenvalue weighted by Gasteiger charge is -2.22. The van der Waals surface area contributed by atoms with Gasteiger partial charge in [0.25, 0.3) is 0 Å². The van der Waals surface area contributed by atoms with Crippen LogP contribution >= 0.6 is 0 Å². The molecule has 0 bridgehead atoms. The summed E-state index contributed by atoms with van der Waals surface area (Å²) in [5.41, 5.74) is 0.742. The Morgan fingerprint density at radius 3 is 1.95 bits per heavy atom. The van der Waals surface area contributed by atoms with Gasteiger partial charge < -0.3 is 4.74 Å². The van der Waals surface area contributed by atoms with Gasteiger partial charge >= 0.3 is 0 Å². The van der Waals surface area contributed by atoms with Gasteiger partial charge in [-0.15, -0.1) is 0 Å². The molecule has 0 saturated carbocycles. The summed E-state index contributed by atoms with van der Waals surface area (Å²) in [6.07, 6.45) is 20.2. The van der Waals surface area contributed by atoms with Crippen molar-refractivity contribution in [3.05, 3.63) is 0 Å². The lowest BCUT2D eigenvalue weighted by molar-refractivity contribution is 0.0649. The minimum atomic E-state index is 0.0873. The first-order chi connectivity index (χ1) is 9.93. The summed E-state index contributed by atoms with van der Waals surface area (Å²) in [5.74, 6) is 0. The van der Waals surface area contributed by atoms with Gasteiger partial charge in [-0.25, -0.2) is 0 Å². The SMILES string of the molecule is CCCCCCCCCCCCC[SiH2]C1CCCCO1. The molecule has 1 saturated heterocycles. The smallest absolute Gasteiger partial charge is 0.0555 e. The number of hydrogen-bond acceptors (Lipinski definition) is 1. The molecule has 0 aromatic heterocycles. The van der Waals surface area contributed by atoms with Crippen molar-refractivity contribution < 1.29 is 4.74 Å². The third-order valence-corrected chi connectivity index (χ3v) is 6.85. The van der Waals surface area contributed by atoms with Crippen LogP contribution in [0.15, 0.2) is 0 Å². The van der Waals surface area contributed by atoms with Gasteiger partial charge in [0.05, 0.1) is 9.52 Å². The number of rotatable bonds is 13. The first kappa shape index (κ1) is 18.2. The van der Waals surface area contributed by atoms with Crippen LogP contribution in [0.3, 0.4) is 0 Å². The van der Waals surface area contributed by atoms with Crippen LogP contribution in [0.1, 0.15) is 96.8 Å². The predicted molar refractivity (Wildman–Crippen MR) is 93.4 cm³/mol. The van der Waals surface area contributed by atoms with E-state index in [0.717, 1.165) is 12.3 Å². The summed E-state index contributed by atoms with van der Waals surface area (Å²) in [6.45, 7) is 3.35. The normalized spacial score (nSPS) is 19.9. The highest BCUT2D eigenvalue weighted by Crippen LogP contribution is 2.15. The maximum absolute atomic E-state index is 5.84. The molecule has 1 rings (SSSR count). The molecule has 1 aliphatic rings. The molecule has 0 amide bonds. The van der Waals surface area contributed by atoms with Gasteiger partial charge in [-0.2, -0.15) is 0 Å². The molecule has 1 fully saturated rings. The molecule has 0 aromatic carbocycles. The van der Waals surface area contributed by atoms with E-state index in [0.29, 0.717) is 0 Å². The second-order valence-corrected chi connectivity index (χ2v) is 8.86. The molecule has 120 valence electrons. The van der Waals surface area contributed by atoms with Gasteiger partial charge in [0.15, 0.2) is 0 Å². The Bertz CT molecular complexity index is 190. The van der Waals surface area contributed by atoms with Crippen LogP contribution in [0.5, 0.6) is 0 Å². The fourth-order valence-corrected chi connectivity index (χ4v) is 5.26. The Labute approximate surface area is 130 Å². The molecule has 1 heterocycles. The van der Waals surface area contributed by atoms with Crippen LogP contribution in [-0.2, 0) is 4.74 Å². The van der Waals surface area contributed by atoms with Crippen LogP contribution in [0, 0.1) is 0 Å². The van der Waals surface area contributed by atoms with E-state index in [1.807, 2.05) is 0 Å². The zero-order chi connectivity index (χ0) is 14.3. The van der Waals surface area contributed by atoms with Crippen molar-refractivity contribution in [2.24, 2.45) is 0 Å². The molecule has 0 spiro atoms. The number of unbranched alkanes of at least 4 members (excludes halogenated alkanes) is 10. The van der Waals surface area contributed by atoms with Gasteiger partial charge in [-0.1, -0.05) is 83.6 Å². The van der Waals surface area contributed by atoms with E-state index in [-0.39, 0.29) is 9.52 Å². The Hall–Kier alpha value is 0.177. The van der Waals surface area contributed by atoms with Gasteiger partial charge in [0.1, 0.15) is 0 Å². The zero-order valence-electron chi connectivity index (χ0n) is 14.0. The summed E-state index contributed by atoms with van der Waals surface area (Å²) in [5, 5.41) is 0. The van der Waals surface area contributed by atoms with Crippen LogP contribution in [-0.4, -0.2) is 21.9 Å². The van der Waals surface area contributed by atoms with Crippen LogP contribution < -0.4 is 0 Å². The Kier molecular flexibility index (Phi) is 12.9. The maximum Gasteiger partial charge on any atom is 0.0555 e. The zero-order valence-corrected chi connectivity index (χ0v) is 15.4. The predicted octanol–water partition coefficient (Wildman–Crippen LogP) is 5.41. The lowest BCUT2D eigenvalue weighted by atomic mass is 10.1. The molecule has 0 aromatic rings. The molecule has 1 unspecified atom stereocenters. The maximum atomic E-state index is 5.84. The summed E-state index contributed by atoms with van der Waals surface area (Å²) in [7, 11) is 0.0873. The van der Waals surface area contributed by atoms with Crippen molar-refractivity contribution in [3.8, 4) is 0 Å². The minimum Gasteiger partial charge on any atom is -0.382 e. The Morgan fingerprint density at radius 1 is 0.800 bits per heavy atom. The molecule has 0 radical (unpaired) electrons. The number of hydrogen-bond donors (Lipinski definition) is 0. The molecule has 0 N–H and O–H groups in total. The molecule has 1 nitrogen and oxygen atoms in total. The van der Waals surface area contributed by atoms with Crippen LogP contribution in [0.4, 0.5) is 0 Å². The molecule has 1 atom stereocenters. The molecule has 1 aliphatic heterocycles. The average Bonchev–Trinajstić information content (AvgIpc) is 2.49. The minimum absolute atomic E-state index is 0.0873.